The van der Waals surface area contributed by atoms with Crippen LogP contribution in [0.4, 0.5) is 0 Å². The number of benzene rings is 1. The van der Waals surface area contributed by atoms with Crippen LogP contribution < -0.4 is 5.32 Å². The highest BCUT2D eigenvalue weighted by Crippen LogP contribution is 2.20. The molecule has 7 nitrogen and oxygen atoms in total. The minimum Gasteiger partial charge on any atom is -0.347 e. The molecule has 0 aliphatic carbocycles. The van der Waals surface area contributed by atoms with Crippen molar-refractivity contribution in [2.24, 2.45) is 0 Å². The third kappa shape index (κ3) is 3.94. The van der Waals surface area contributed by atoms with Gasteiger partial charge in [-0.05, 0) is 50.6 Å². The van der Waals surface area contributed by atoms with Crippen LogP contribution in [0.25, 0.3) is 11.5 Å². The lowest BCUT2D eigenvalue weighted by Gasteiger charge is -2.16. The summed E-state index contributed by atoms with van der Waals surface area (Å²) in [6.45, 7) is 5.98. The minimum absolute atomic E-state index is 0.128. The average Bonchev–Trinajstić information content (AvgIpc) is 3.21. The number of amides is 1. The smallest absolute Gasteiger partial charge is 0.257 e. The molecule has 0 spiro atoms. The second-order valence-corrected chi connectivity index (χ2v) is 6.47. The van der Waals surface area contributed by atoms with Crippen LogP contribution in [-0.2, 0) is 11.3 Å². The van der Waals surface area contributed by atoms with Crippen molar-refractivity contribution >= 4 is 17.5 Å². The van der Waals surface area contributed by atoms with E-state index in [-0.39, 0.29) is 18.5 Å². The van der Waals surface area contributed by atoms with Crippen molar-refractivity contribution in [1.82, 2.24) is 25.2 Å². The van der Waals surface area contributed by atoms with E-state index in [1.807, 2.05) is 26.8 Å². The number of nitrogens with one attached hydrogen (secondary N) is 1. The summed E-state index contributed by atoms with van der Waals surface area (Å²) in [6.07, 6.45) is 0.635. The van der Waals surface area contributed by atoms with Gasteiger partial charge in [-0.2, -0.15) is 10.1 Å². The van der Waals surface area contributed by atoms with Crippen LogP contribution in [0.3, 0.4) is 0 Å². The molecule has 3 rings (SSSR count). The van der Waals surface area contributed by atoms with Gasteiger partial charge in [0.25, 0.3) is 5.89 Å². The molecule has 1 N–H and O–H groups in total. The Morgan fingerprint density at radius 1 is 1.31 bits per heavy atom. The van der Waals surface area contributed by atoms with Crippen LogP contribution in [0, 0.1) is 13.8 Å². The Morgan fingerprint density at radius 3 is 2.65 bits per heavy atom. The zero-order valence-electron chi connectivity index (χ0n) is 14.9. The van der Waals surface area contributed by atoms with Gasteiger partial charge in [-0.25, -0.2) is 0 Å². The van der Waals surface area contributed by atoms with E-state index < -0.39 is 0 Å². The number of halogens is 1. The summed E-state index contributed by atoms with van der Waals surface area (Å²) in [5.41, 5.74) is 2.61. The normalized spacial score (nSPS) is 12.2. The Balaban J connectivity index is 1.66. The van der Waals surface area contributed by atoms with Gasteiger partial charge in [0.15, 0.2) is 5.82 Å². The number of aromatic nitrogens is 4. The number of hydrogen-bond acceptors (Lipinski definition) is 5. The number of hydrogen-bond donors (Lipinski definition) is 1. The number of carbonyl (C=O) groups is 1. The van der Waals surface area contributed by atoms with Crippen LogP contribution >= 0.6 is 11.6 Å². The Bertz CT molecular complexity index is 901. The maximum Gasteiger partial charge on any atom is 0.257 e. The van der Waals surface area contributed by atoms with Crippen LogP contribution in [0.2, 0.25) is 5.02 Å². The summed E-state index contributed by atoms with van der Waals surface area (Å²) in [5.74, 6) is 0.666. The summed E-state index contributed by atoms with van der Waals surface area (Å²) in [5, 5.41) is 11.8. The third-order valence-electron chi connectivity index (χ3n) is 4.01. The molecule has 1 aromatic carbocycles. The number of rotatable bonds is 6. The standard InChI is InChI=1S/C18H20ClN5O2/c1-4-15(24-12(3)9-11(2)22-24)17(25)20-10-16-21-18(26-23-16)13-5-7-14(19)8-6-13/h5-9,15H,4,10H2,1-3H3,(H,20,25). The van der Waals surface area contributed by atoms with E-state index in [1.54, 1.807) is 28.9 Å². The number of carbonyl (C=O) groups excluding carboxylic acids is 1. The molecular formula is C18H20ClN5O2. The van der Waals surface area contributed by atoms with Crippen molar-refractivity contribution in [1.29, 1.82) is 0 Å². The fourth-order valence-corrected chi connectivity index (χ4v) is 2.88. The zero-order valence-corrected chi connectivity index (χ0v) is 15.6. The topological polar surface area (TPSA) is 85.8 Å². The van der Waals surface area contributed by atoms with E-state index in [2.05, 4.69) is 20.6 Å². The lowest BCUT2D eigenvalue weighted by molar-refractivity contribution is -0.125. The molecule has 0 saturated carbocycles. The molecule has 1 amide bonds. The Kier molecular flexibility index (Phi) is 5.37. The maximum atomic E-state index is 12.6. The number of nitrogens with zero attached hydrogens (tertiary/aromatic N) is 4. The Morgan fingerprint density at radius 2 is 2.04 bits per heavy atom. The Hall–Kier alpha value is -2.67. The molecule has 0 aliphatic heterocycles. The molecule has 3 aromatic rings. The highest BCUT2D eigenvalue weighted by atomic mass is 35.5. The summed E-state index contributed by atoms with van der Waals surface area (Å²) in [4.78, 5) is 16.9. The molecule has 0 fully saturated rings. The minimum atomic E-state index is -0.369. The van der Waals surface area contributed by atoms with Crippen molar-refractivity contribution in [3.63, 3.8) is 0 Å². The van der Waals surface area contributed by atoms with Gasteiger partial charge < -0.3 is 9.84 Å². The summed E-state index contributed by atoms with van der Waals surface area (Å²) in [6, 6.07) is 8.69. The predicted molar refractivity (Wildman–Crippen MR) is 97.6 cm³/mol. The van der Waals surface area contributed by atoms with Crippen LogP contribution in [-0.4, -0.2) is 25.8 Å². The van der Waals surface area contributed by atoms with E-state index in [9.17, 15) is 4.79 Å². The lowest BCUT2D eigenvalue weighted by Crippen LogP contribution is -2.33. The molecule has 26 heavy (non-hydrogen) atoms. The van der Waals surface area contributed by atoms with Crippen LogP contribution in [0.15, 0.2) is 34.9 Å². The quantitative estimate of drug-likeness (QED) is 0.715. The monoisotopic (exact) mass is 373 g/mol. The second-order valence-electron chi connectivity index (χ2n) is 6.04. The van der Waals surface area contributed by atoms with Gasteiger partial charge in [0.1, 0.15) is 6.04 Å². The largest absolute Gasteiger partial charge is 0.347 e. The molecular weight excluding hydrogens is 354 g/mol. The van der Waals surface area contributed by atoms with E-state index in [1.165, 1.54) is 0 Å². The molecule has 8 heteroatoms. The first-order valence-corrected chi connectivity index (χ1v) is 8.74. The predicted octanol–water partition coefficient (Wildman–Crippen LogP) is 3.47. The zero-order chi connectivity index (χ0) is 18.7. The summed E-state index contributed by atoms with van der Waals surface area (Å²) in [7, 11) is 0. The fraction of sp³-hybridized carbons (Fsp3) is 0.333. The van der Waals surface area contributed by atoms with Gasteiger partial charge in [0.05, 0.1) is 12.2 Å². The molecule has 0 aliphatic rings. The number of aryl methyl sites for hydroxylation is 2. The van der Waals surface area contributed by atoms with Crippen LogP contribution in [0.1, 0.15) is 36.6 Å². The first-order chi connectivity index (χ1) is 12.5. The van der Waals surface area contributed by atoms with Crippen molar-refractivity contribution < 1.29 is 9.32 Å². The first-order valence-electron chi connectivity index (χ1n) is 8.37. The molecule has 0 bridgehead atoms. The van der Waals surface area contributed by atoms with Gasteiger partial charge in [-0.3, -0.25) is 9.48 Å². The van der Waals surface area contributed by atoms with Crippen LogP contribution in [0.5, 0.6) is 0 Å². The summed E-state index contributed by atoms with van der Waals surface area (Å²) >= 11 is 5.87. The van der Waals surface area contributed by atoms with Gasteiger partial charge in [-0.1, -0.05) is 23.7 Å². The van der Waals surface area contributed by atoms with E-state index in [0.29, 0.717) is 23.2 Å². The highest BCUT2D eigenvalue weighted by molar-refractivity contribution is 6.30. The van der Waals surface area contributed by atoms with E-state index in [0.717, 1.165) is 17.0 Å². The van der Waals surface area contributed by atoms with Crippen molar-refractivity contribution in [3.8, 4) is 11.5 Å². The van der Waals surface area contributed by atoms with Gasteiger partial charge in [0, 0.05) is 16.3 Å². The lowest BCUT2D eigenvalue weighted by atomic mass is 10.2. The SMILES string of the molecule is CCC(C(=O)NCc1noc(-c2ccc(Cl)cc2)n1)n1nc(C)cc1C. The highest BCUT2D eigenvalue weighted by Gasteiger charge is 2.21. The van der Waals surface area contributed by atoms with Crippen molar-refractivity contribution in [3.05, 3.63) is 52.6 Å². The van der Waals surface area contributed by atoms with Crippen molar-refractivity contribution in [2.75, 3.05) is 0 Å². The third-order valence-corrected chi connectivity index (χ3v) is 4.26. The Labute approximate surface area is 156 Å². The van der Waals surface area contributed by atoms with Crippen molar-refractivity contribution in [2.45, 2.75) is 39.8 Å². The van der Waals surface area contributed by atoms with Gasteiger partial charge >= 0.3 is 0 Å². The molecule has 2 aromatic heterocycles. The maximum absolute atomic E-state index is 12.6. The second kappa shape index (κ2) is 7.70. The summed E-state index contributed by atoms with van der Waals surface area (Å²) < 4.78 is 6.99. The molecule has 136 valence electrons. The fourth-order valence-electron chi connectivity index (χ4n) is 2.75. The van der Waals surface area contributed by atoms with E-state index >= 15 is 0 Å². The molecule has 1 unspecified atom stereocenters. The molecule has 2 heterocycles. The van der Waals surface area contributed by atoms with Gasteiger partial charge in [-0.15, -0.1) is 0 Å². The molecule has 1 atom stereocenters. The first kappa shape index (κ1) is 18.1. The molecule has 0 radical (unpaired) electrons. The average molecular weight is 374 g/mol. The molecule has 0 saturated heterocycles. The van der Waals surface area contributed by atoms with E-state index in [4.69, 9.17) is 16.1 Å². The van der Waals surface area contributed by atoms with Gasteiger partial charge in [0.2, 0.25) is 5.91 Å².